The van der Waals surface area contributed by atoms with Crippen molar-refractivity contribution in [2.75, 3.05) is 0 Å². The number of nitrogens with zero attached hydrogens (tertiary/aromatic N) is 1. The van der Waals surface area contributed by atoms with Crippen LogP contribution in [0.2, 0.25) is 0 Å². The van der Waals surface area contributed by atoms with Crippen LogP contribution in [0.15, 0.2) is 58.5 Å². The Hall–Kier alpha value is -1.28. The van der Waals surface area contributed by atoms with E-state index in [1.165, 1.54) is 0 Å². The topological polar surface area (TPSA) is 12.4 Å². The van der Waals surface area contributed by atoms with Gasteiger partial charge in [-0.1, -0.05) is 24.3 Å². The van der Waals surface area contributed by atoms with Crippen molar-refractivity contribution in [1.29, 1.82) is 0 Å². The summed E-state index contributed by atoms with van der Waals surface area (Å²) in [7, 11) is 0. The molecule has 0 saturated carbocycles. The minimum atomic E-state index is 0.352. The molecular weight excluding hydrogens is 190 g/mol. The van der Waals surface area contributed by atoms with Crippen LogP contribution in [0.1, 0.15) is 0 Å². The maximum atomic E-state index is 4.37. The van der Waals surface area contributed by atoms with E-state index in [4.69, 9.17) is 0 Å². The Labute approximate surface area is 89.3 Å². The van der Waals surface area contributed by atoms with Gasteiger partial charge < -0.3 is 0 Å². The molecule has 0 spiro atoms. The minimum absolute atomic E-state index is 0.352. The van der Waals surface area contributed by atoms with Gasteiger partial charge in [-0.15, -0.1) is 12.6 Å². The number of rotatable bonds is 2. The van der Waals surface area contributed by atoms with Crippen molar-refractivity contribution in [3.63, 3.8) is 0 Å². The first-order chi connectivity index (χ1) is 6.84. The van der Waals surface area contributed by atoms with Crippen molar-refractivity contribution in [1.82, 2.24) is 0 Å². The van der Waals surface area contributed by atoms with Gasteiger partial charge >= 0.3 is 0 Å². The first kappa shape index (κ1) is 9.28. The standard InChI is InChI=1S/C12H11NS/c14-12-7-5-11(6-8-12)13-9-10-3-1-2-4-10/h1-10,14H. The summed E-state index contributed by atoms with van der Waals surface area (Å²) in [5.74, 6) is 0.352. The number of aliphatic imine (C=N–C) groups is 1. The summed E-state index contributed by atoms with van der Waals surface area (Å²) in [6, 6.07) is 7.80. The molecule has 0 fully saturated rings. The molecule has 1 nitrogen and oxygen atoms in total. The molecule has 1 aliphatic rings. The lowest BCUT2D eigenvalue weighted by atomic mass is 10.2. The van der Waals surface area contributed by atoms with E-state index in [0.717, 1.165) is 10.6 Å². The number of thiol groups is 1. The van der Waals surface area contributed by atoms with Crippen molar-refractivity contribution >= 4 is 24.5 Å². The van der Waals surface area contributed by atoms with Gasteiger partial charge in [-0.05, 0) is 24.3 Å². The Kier molecular flexibility index (Phi) is 2.84. The van der Waals surface area contributed by atoms with E-state index < -0.39 is 0 Å². The van der Waals surface area contributed by atoms with Crippen molar-refractivity contribution in [2.45, 2.75) is 4.90 Å². The third kappa shape index (κ3) is 2.36. The molecule has 14 heavy (non-hydrogen) atoms. The summed E-state index contributed by atoms with van der Waals surface area (Å²) in [6.45, 7) is 0. The lowest BCUT2D eigenvalue weighted by molar-refractivity contribution is 1.19. The quantitative estimate of drug-likeness (QED) is 0.556. The van der Waals surface area contributed by atoms with Gasteiger partial charge in [0.1, 0.15) is 0 Å². The SMILES string of the molecule is Sc1ccc(N=CC2C=CC=C2)cc1. The van der Waals surface area contributed by atoms with E-state index in [2.05, 4.69) is 29.8 Å². The zero-order valence-electron chi connectivity index (χ0n) is 7.67. The van der Waals surface area contributed by atoms with Gasteiger partial charge in [-0.2, -0.15) is 0 Å². The highest BCUT2D eigenvalue weighted by atomic mass is 32.1. The van der Waals surface area contributed by atoms with Crippen molar-refractivity contribution in [2.24, 2.45) is 10.9 Å². The monoisotopic (exact) mass is 201 g/mol. The van der Waals surface area contributed by atoms with Gasteiger partial charge in [0, 0.05) is 17.0 Å². The molecule has 0 atom stereocenters. The molecule has 0 N–H and O–H groups in total. The average molecular weight is 201 g/mol. The Balaban J connectivity index is 2.06. The van der Waals surface area contributed by atoms with Crippen LogP contribution in [0.5, 0.6) is 0 Å². The third-order valence-electron chi connectivity index (χ3n) is 2.02. The lowest BCUT2D eigenvalue weighted by Gasteiger charge is -1.96. The first-order valence-electron chi connectivity index (χ1n) is 4.53. The Morgan fingerprint density at radius 2 is 1.71 bits per heavy atom. The van der Waals surface area contributed by atoms with Gasteiger partial charge in [0.25, 0.3) is 0 Å². The first-order valence-corrected chi connectivity index (χ1v) is 4.97. The van der Waals surface area contributed by atoms with Crippen LogP contribution < -0.4 is 0 Å². The van der Waals surface area contributed by atoms with Crippen LogP contribution in [0.4, 0.5) is 5.69 Å². The van der Waals surface area contributed by atoms with E-state index in [1.54, 1.807) is 0 Å². The Morgan fingerprint density at radius 1 is 1.07 bits per heavy atom. The molecule has 2 rings (SSSR count). The molecular formula is C12H11NS. The van der Waals surface area contributed by atoms with Crippen molar-refractivity contribution in [3.8, 4) is 0 Å². The second kappa shape index (κ2) is 4.29. The average Bonchev–Trinajstić information content (AvgIpc) is 2.70. The van der Waals surface area contributed by atoms with E-state index >= 15 is 0 Å². The van der Waals surface area contributed by atoms with Gasteiger partial charge in [0.05, 0.1) is 5.69 Å². The second-order valence-electron chi connectivity index (χ2n) is 3.14. The molecule has 1 aromatic rings. The highest BCUT2D eigenvalue weighted by Gasteiger charge is 1.98. The molecule has 0 bridgehead atoms. The summed E-state index contributed by atoms with van der Waals surface area (Å²) in [4.78, 5) is 5.33. The van der Waals surface area contributed by atoms with Gasteiger partial charge in [0.15, 0.2) is 0 Å². The predicted octanol–water partition coefficient (Wildman–Crippen LogP) is 3.42. The van der Waals surface area contributed by atoms with Gasteiger partial charge in [-0.25, -0.2) is 0 Å². The van der Waals surface area contributed by atoms with Crippen LogP contribution in [-0.2, 0) is 0 Å². The second-order valence-corrected chi connectivity index (χ2v) is 3.66. The molecule has 0 aliphatic heterocycles. The summed E-state index contributed by atoms with van der Waals surface area (Å²) >= 11 is 4.21. The fourth-order valence-electron chi connectivity index (χ4n) is 1.26. The Bertz CT molecular complexity index is 375. The van der Waals surface area contributed by atoms with Crippen LogP contribution >= 0.6 is 12.6 Å². The van der Waals surface area contributed by atoms with E-state index in [0.29, 0.717) is 5.92 Å². The molecule has 1 aromatic carbocycles. The fraction of sp³-hybridized carbons (Fsp3) is 0.0833. The summed E-state index contributed by atoms with van der Waals surface area (Å²) in [5.41, 5.74) is 0.969. The summed E-state index contributed by atoms with van der Waals surface area (Å²) in [5, 5.41) is 0. The normalized spacial score (nSPS) is 15.8. The summed E-state index contributed by atoms with van der Waals surface area (Å²) < 4.78 is 0. The predicted molar refractivity (Wildman–Crippen MR) is 63.6 cm³/mol. The maximum absolute atomic E-state index is 4.37. The largest absolute Gasteiger partial charge is 0.260 e. The summed E-state index contributed by atoms with van der Waals surface area (Å²) in [6.07, 6.45) is 10.2. The lowest BCUT2D eigenvalue weighted by Crippen LogP contribution is -1.88. The smallest absolute Gasteiger partial charge is 0.0626 e. The Morgan fingerprint density at radius 3 is 2.36 bits per heavy atom. The zero-order valence-corrected chi connectivity index (χ0v) is 8.56. The highest BCUT2D eigenvalue weighted by molar-refractivity contribution is 7.80. The number of allylic oxidation sites excluding steroid dienone is 4. The number of benzene rings is 1. The number of hydrogen-bond donors (Lipinski definition) is 1. The van der Waals surface area contributed by atoms with Crippen molar-refractivity contribution in [3.05, 3.63) is 48.6 Å². The van der Waals surface area contributed by atoms with E-state index in [-0.39, 0.29) is 0 Å². The molecule has 0 heterocycles. The maximum Gasteiger partial charge on any atom is 0.0626 e. The fourth-order valence-corrected chi connectivity index (χ4v) is 1.41. The van der Waals surface area contributed by atoms with Crippen LogP contribution in [0, 0.1) is 5.92 Å². The molecule has 70 valence electrons. The molecule has 1 aliphatic carbocycles. The molecule has 0 radical (unpaired) electrons. The molecule has 0 unspecified atom stereocenters. The van der Waals surface area contributed by atoms with Crippen LogP contribution in [0.25, 0.3) is 0 Å². The van der Waals surface area contributed by atoms with E-state index in [9.17, 15) is 0 Å². The van der Waals surface area contributed by atoms with Crippen LogP contribution in [-0.4, -0.2) is 6.21 Å². The van der Waals surface area contributed by atoms with E-state index in [1.807, 2.05) is 42.6 Å². The molecule has 0 amide bonds. The molecule has 2 heteroatoms. The highest BCUT2D eigenvalue weighted by Crippen LogP contribution is 2.16. The minimum Gasteiger partial charge on any atom is -0.260 e. The van der Waals surface area contributed by atoms with Crippen molar-refractivity contribution < 1.29 is 0 Å². The van der Waals surface area contributed by atoms with Crippen LogP contribution in [0.3, 0.4) is 0 Å². The van der Waals surface area contributed by atoms with Gasteiger partial charge in [-0.3, -0.25) is 4.99 Å². The van der Waals surface area contributed by atoms with Gasteiger partial charge in [0.2, 0.25) is 0 Å². The molecule has 0 aromatic heterocycles. The zero-order chi connectivity index (χ0) is 9.80. The number of hydrogen-bond acceptors (Lipinski definition) is 2. The third-order valence-corrected chi connectivity index (χ3v) is 2.32. The molecule has 0 saturated heterocycles.